The van der Waals surface area contributed by atoms with Crippen LogP contribution in [0.5, 0.6) is 0 Å². The molecular formula is C16H22ClN3O. The van der Waals surface area contributed by atoms with Gasteiger partial charge in [-0.15, -0.1) is 0 Å². The molecule has 0 bridgehead atoms. The third-order valence-corrected chi connectivity index (χ3v) is 5.11. The number of nitrogens with two attached hydrogens (primary N) is 1. The number of carbonyl (C=O) groups is 1. The van der Waals surface area contributed by atoms with E-state index in [2.05, 4.69) is 10.6 Å². The highest BCUT2D eigenvalue weighted by molar-refractivity contribution is 6.33. The van der Waals surface area contributed by atoms with Crippen molar-refractivity contribution in [1.82, 2.24) is 5.32 Å². The highest BCUT2D eigenvalue weighted by atomic mass is 35.5. The summed E-state index contributed by atoms with van der Waals surface area (Å²) in [6.07, 6.45) is 6.18. The molecule has 1 saturated carbocycles. The zero-order valence-corrected chi connectivity index (χ0v) is 12.8. The van der Waals surface area contributed by atoms with Gasteiger partial charge in [0, 0.05) is 17.6 Å². The molecule has 1 aromatic rings. The minimum absolute atomic E-state index is 0.418. The Morgan fingerprint density at radius 1 is 1.29 bits per heavy atom. The van der Waals surface area contributed by atoms with Crippen LogP contribution >= 0.6 is 11.6 Å². The second-order valence-corrected chi connectivity index (χ2v) is 6.51. The van der Waals surface area contributed by atoms with Gasteiger partial charge in [-0.3, -0.25) is 4.79 Å². The molecule has 0 aromatic heterocycles. The number of rotatable bonds is 4. The second-order valence-electron chi connectivity index (χ2n) is 6.11. The first kappa shape index (κ1) is 14.7. The summed E-state index contributed by atoms with van der Waals surface area (Å²) < 4.78 is 0. The van der Waals surface area contributed by atoms with Crippen LogP contribution in [0.1, 0.15) is 42.5 Å². The van der Waals surface area contributed by atoms with Crippen LogP contribution in [0.3, 0.4) is 0 Å². The number of anilines is 1. The molecule has 1 heterocycles. The topological polar surface area (TPSA) is 67.2 Å². The highest BCUT2D eigenvalue weighted by Gasteiger charge is 2.35. The number of amides is 1. The molecule has 114 valence electrons. The first-order chi connectivity index (χ1) is 10.1. The molecule has 3 rings (SSSR count). The van der Waals surface area contributed by atoms with E-state index < -0.39 is 5.91 Å². The van der Waals surface area contributed by atoms with Crippen LogP contribution in [0, 0.1) is 5.92 Å². The van der Waals surface area contributed by atoms with E-state index in [1.54, 1.807) is 18.2 Å². The third-order valence-electron chi connectivity index (χ3n) is 4.78. The maximum Gasteiger partial charge on any atom is 0.248 e. The molecule has 1 aliphatic heterocycles. The van der Waals surface area contributed by atoms with Gasteiger partial charge in [-0.05, 0) is 56.3 Å². The van der Waals surface area contributed by atoms with Gasteiger partial charge < -0.3 is 16.4 Å². The van der Waals surface area contributed by atoms with Gasteiger partial charge in [0.05, 0.1) is 10.7 Å². The van der Waals surface area contributed by atoms with Gasteiger partial charge >= 0.3 is 0 Å². The number of benzene rings is 1. The summed E-state index contributed by atoms with van der Waals surface area (Å²) >= 11 is 6.26. The smallest absolute Gasteiger partial charge is 0.248 e. The molecule has 3 unspecified atom stereocenters. The van der Waals surface area contributed by atoms with Crippen molar-refractivity contribution in [2.75, 3.05) is 11.9 Å². The summed E-state index contributed by atoms with van der Waals surface area (Å²) in [6, 6.07) is 6.20. The first-order valence-electron chi connectivity index (χ1n) is 7.74. The van der Waals surface area contributed by atoms with E-state index in [0.29, 0.717) is 28.6 Å². The minimum Gasteiger partial charge on any atom is -0.381 e. The number of halogens is 1. The van der Waals surface area contributed by atoms with Crippen molar-refractivity contribution in [3.63, 3.8) is 0 Å². The molecule has 1 aliphatic carbocycles. The van der Waals surface area contributed by atoms with Crippen LogP contribution in [0.2, 0.25) is 5.02 Å². The lowest BCUT2D eigenvalue weighted by Gasteiger charge is -2.27. The van der Waals surface area contributed by atoms with E-state index in [0.717, 1.165) is 18.7 Å². The fourth-order valence-corrected chi connectivity index (χ4v) is 3.89. The fraction of sp³-hybridized carbons (Fsp3) is 0.562. The quantitative estimate of drug-likeness (QED) is 0.801. The number of hydrogen-bond acceptors (Lipinski definition) is 3. The standard InChI is InChI=1S/C16H22ClN3O/c17-12-7-6-10(16(18)21)9-15(12)20-14-4-1-3-11(14)13-5-2-8-19-13/h6-7,9,11,13-14,19-20H,1-5,8H2,(H2,18,21). The van der Waals surface area contributed by atoms with Crippen LogP contribution in [0.4, 0.5) is 5.69 Å². The molecular weight excluding hydrogens is 286 g/mol. The predicted molar refractivity (Wildman–Crippen MR) is 85.7 cm³/mol. The molecule has 2 fully saturated rings. The van der Waals surface area contributed by atoms with Crippen molar-refractivity contribution in [3.8, 4) is 0 Å². The van der Waals surface area contributed by atoms with Crippen LogP contribution < -0.4 is 16.4 Å². The Morgan fingerprint density at radius 2 is 2.14 bits per heavy atom. The summed E-state index contributed by atoms with van der Waals surface area (Å²) in [6.45, 7) is 1.13. The van der Waals surface area contributed by atoms with Gasteiger partial charge in [0.1, 0.15) is 0 Å². The van der Waals surface area contributed by atoms with Crippen LogP contribution in [0.15, 0.2) is 18.2 Å². The zero-order chi connectivity index (χ0) is 14.8. The summed E-state index contributed by atoms with van der Waals surface area (Å²) in [4.78, 5) is 11.3. The number of nitrogens with one attached hydrogen (secondary N) is 2. The summed E-state index contributed by atoms with van der Waals surface area (Å²) in [7, 11) is 0. The molecule has 5 heteroatoms. The van der Waals surface area contributed by atoms with Gasteiger partial charge in [0.25, 0.3) is 0 Å². The molecule has 1 saturated heterocycles. The molecule has 1 amide bonds. The highest BCUT2D eigenvalue weighted by Crippen LogP contribution is 2.35. The number of hydrogen-bond donors (Lipinski definition) is 3. The molecule has 4 N–H and O–H groups in total. The Hall–Kier alpha value is -1.26. The van der Waals surface area contributed by atoms with Crippen molar-refractivity contribution in [1.29, 1.82) is 0 Å². The Kier molecular flexibility index (Phi) is 4.36. The maximum atomic E-state index is 11.3. The van der Waals surface area contributed by atoms with Gasteiger partial charge in [0.15, 0.2) is 0 Å². The second kappa shape index (κ2) is 6.24. The predicted octanol–water partition coefficient (Wildman–Crippen LogP) is 2.77. The molecule has 21 heavy (non-hydrogen) atoms. The van der Waals surface area contributed by atoms with Gasteiger partial charge in [-0.2, -0.15) is 0 Å². The SMILES string of the molecule is NC(=O)c1ccc(Cl)c(NC2CCCC2C2CCCN2)c1. The van der Waals surface area contributed by atoms with Crippen molar-refractivity contribution >= 4 is 23.2 Å². The first-order valence-corrected chi connectivity index (χ1v) is 8.12. The lowest BCUT2D eigenvalue weighted by molar-refractivity contribution is 0.100. The largest absolute Gasteiger partial charge is 0.381 e. The normalized spacial score (nSPS) is 28.7. The van der Waals surface area contributed by atoms with E-state index in [-0.39, 0.29) is 0 Å². The Bertz CT molecular complexity index is 528. The summed E-state index contributed by atoms with van der Waals surface area (Å²) in [5.41, 5.74) is 6.67. The molecule has 4 nitrogen and oxygen atoms in total. The average Bonchev–Trinajstić information content (AvgIpc) is 3.11. The third kappa shape index (κ3) is 3.16. The Labute approximate surface area is 130 Å². The van der Waals surface area contributed by atoms with Crippen molar-refractivity contribution in [3.05, 3.63) is 28.8 Å². The van der Waals surface area contributed by atoms with Gasteiger partial charge in [0.2, 0.25) is 5.91 Å². The molecule has 0 spiro atoms. The zero-order valence-electron chi connectivity index (χ0n) is 12.1. The summed E-state index contributed by atoms with van der Waals surface area (Å²) in [5, 5.41) is 7.81. The average molecular weight is 308 g/mol. The van der Waals surface area contributed by atoms with Crippen LogP contribution in [0.25, 0.3) is 0 Å². The van der Waals surface area contributed by atoms with Gasteiger partial charge in [-0.1, -0.05) is 18.0 Å². The lowest BCUT2D eigenvalue weighted by atomic mass is 9.93. The lowest BCUT2D eigenvalue weighted by Crippen LogP contribution is -2.38. The van der Waals surface area contributed by atoms with Gasteiger partial charge in [-0.25, -0.2) is 0 Å². The van der Waals surface area contributed by atoms with E-state index in [1.165, 1.54) is 25.7 Å². The Morgan fingerprint density at radius 3 is 2.86 bits per heavy atom. The van der Waals surface area contributed by atoms with Crippen LogP contribution in [-0.4, -0.2) is 24.5 Å². The molecule has 3 atom stereocenters. The molecule has 2 aliphatic rings. The molecule has 0 radical (unpaired) electrons. The van der Waals surface area contributed by atoms with E-state index in [9.17, 15) is 4.79 Å². The molecule has 1 aromatic carbocycles. The minimum atomic E-state index is -0.421. The van der Waals surface area contributed by atoms with Crippen molar-refractivity contribution in [2.45, 2.75) is 44.2 Å². The number of primary amides is 1. The van der Waals surface area contributed by atoms with E-state index in [4.69, 9.17) is 17.3 Å². The maximum absolute atomic E-state index is 11.3. The summed E-state index contributed by atoms with van der Waals surface area (Å²) in [5.74, 6) is 0.218. The van der Waals surface area contributed by atoms with Crippen LogP contribution in [-0.2, 0) is 0 Å². The van der Waals surface area contributed by atoms with Crippen molar-refractivity contribution < 1.29 is 4.79 Å². The van der Waals surface area contributed by atoms with E-state index in [1.807, 2.05) is 0 Å². The fourth-order valence-electron chi connectivity index (χ4n) is 3.72. The van der Waals surface area contributed by atoms with E-state index >= 15 is 0 Å². The van der Waals surface area contributed by atoms with Crippen molar-refractivity contribution in [2.24, 2.45) is 11.7 Å². The Balaban J connectivity index is 1.75. The number of carbonyl (C=O) groups excluding carboxylic acids is 1. The monoisotopic (exact) mass is 307 g/mol.